The van der Waals surface area contributed by atoms with Crippen molar-refractivity contribution >= 4 is 0 Å². The zero-order chi connectivity index (χ0) is 28.9. The maximum atomic E-state index is 12.6. The molecule has 4 N–H and O–H groups in total. The van der Waals surface area contributed by atoms with Crippen molar-refractivity contribution in [1.29, 1.82) is 0 Å². The van der Waals surface area contributed by atoms with E-state index in [1.807, 2.05) is 4.90 Å². The molecule has 4 aliphatic carbocycles. The number of aliphatic hydroxyl groups excluding tert-OH is 3. The van der Waals surface area contributed by atoms with E-state index in [2.05, 4.69) is 30.7 Å². The molecule has 0 aromatic heterocycles. The zero-order valence-corrected chi connectivity index (χ0v) is 23.3. The van der Waals surface area contributed by atoms with E-state index in [9.17, 15) is 33.6 Å². The lowest BCUT2D eigenvalue weighted by atomic mass is 9.50. The second-order valence-corrected chi connectivity index (χ2v) is 13.0. The van der Waals surface area contributed by atoms with Crippen molar-refractivity contribution < 1.29 is 38.3 Å². The Kier molecular flexibility index (Phi) is 7.94. The van der Waals surface area contributed by atoms with E-state index in [0.29, 0.717) is 24.4 Å². The molecule has 3 saturated carbocycles. The van der Waals surface area contributed by atoms with Crippen molar-refractivity contribution in [2.45, 2.75) is 89.5 Å². The van der Waals surface area contributed by atoms with Crippen LogP contribution in [-0.4, -0.2) is 69.2 Å². The van der Waals surface area contributed by atoms with Crippen LogP contribution in [0, 0.1) is 22.7 Å². The van der Waals surface area contributed by atoms with Gasteiger partial charge in [-0.15, -0.1) is 13.2 Å². The molecule has 0 amide bonds. The van der Waals surface area contributed by atoms with E-state index in [4.69, 9.17) is 0 Å². The Morgan fingerprint density at radius 1 is 1.02 bits per heavy atom. The molecule has 7 unspecified atom stereocenters. The van der Waals surface area contributed by atoms with Crippen molar-refractivity contribution in [1.82, 2.24) is 4.90 Å². The average molecular weight is 566 g/mol. The van der Waals surface area contributed by atoms with Crippen LogP contribution < -0.4 is 4.74 Å². The van der Waals surface area contributed by atoms with Crippen LogP contribution in [0.15, 0.2) is 47.6 Å². The van der Waals surface area contributed by atoms with Gasteiger partial charge in [-0.05, 0) is 79.9 Å². The van der Waals surface area contributed by atoms with Gasteiger partial charge in [-0.25, -0.2) is 0 Å². The summed E-state index contributed by atoms with van der Waals surface area (Å²) in [6.45, 7) is 4.79. The first-order chi connectivity index (χ1) is 18.8. The van der Waals surface area contributed by atoms with Gasteiger partial charge in [-0.2, -0.15) is 0 Å². The molecule has 0 radical (unpaired) electrons. The first-order valence-electron chi connectivity index (χ1n) is 14.4. The molecule has 1 aromatic rings. The third-order valence-electron chi connectivity index (χ3n) is 10.6. The molecule has 7 atom stereocenters. The molecule has 40 heavy (non-hydrogen) atoms. The number of allylic oxidation sites excluding steroid dienone is 3. The van der Waals surface area contributed by atoms with Gasteiger partial charge in [-0.1, -0.05) is 49.3 Å². The summed E-state index contributed by atoms with van der Waals surface area (Å²) in [5, 5.41) is 42.4. The van der Waals surface area contributed by atoms with Crippen LogP contribution >= 0.6 is 0 Å². The molecule has 0 spiro atoms. The quantitative estimate of drug-likeness (QED) is 0.365. The van der Waals surface area contributed by atoms with E-state index in [1.165, 1.54) is 23.3 Å². The lowest BCUT2D eigenvalue weighted by Crippen LogP contribution is -2.56. The fraction of sp³-hybridized carbons (Fsp3) is 0.677. The van der Waals surface area contributed by atoms with Crippen LogP contribution in [-0.2, 0) is 6.54 Å². The summed E-state index contributed by atoms with van der Waals surface area (Å²) in [5.74, 6) is 0.324. The SMILES string of the molecule is CC12CCC(O)CC1=CC=C1C2CCC2(C)C1CCC2(O)CN(Cc1ccc(OC(F)(F)F)cc1)CC(O)CO. The summed E-state index contributed by atoms with van der Waals surface area (Å²) < 4.78 is 41.7. The third-order valence-corrected chi connectivity index (χ3v) is 10.6. The van der Waals surface area contributed by atoms with Gasteiger partial charge in [0.25, 0.3) is 0 Å². The molecule has 6 nitrogen and oxygen atoms in total. The number of fused-ring (bicyclic) bond motifs is 5. The summed E-state index contributed by atoms with van der Waals surface area (Å²) in [5.41, 5.74) is 2.10. The highest BCUT2D eigenvalue weighted by molar-refractivity contribution is 5.39. The predicted molar refractivity (Wildman–Crippen MR) is 144 cm³/mol. The van der Waals surface area contributed by atoms with E-state index < -0.39 is 24.7 Å². The van der Waals surface area contributed by atoms with Crippen LogP contribution in [0.2, 0.25) is 0 Å². The average Bonchev–Trinajstić information content (AvgIpc) is 3.14. The van der Waals surface area contributed by atoms with E-state index in [-0.39, 0.29) is 41.7 Å². The molecule has 4 aliphatic rings. The largest absolute Gasteiger partial charge is 0.573 e. The van der Waals surface area contributed by atoms with E-state index in [0.717, 1.165) is 38.5 Å². The standard InChI is InChI=1S/C31H42F3NO5/c1-28-12-9-22(37)15-21(28)5-8-25-26(28)10-13-29(2)27(25)11-14-30(29,39)19-35(17-23(38)18-36)16-20-3-6-24(7-4-20)40-31(32,33)34/h3-8,22-23,26-27,36-39H,9-19H2,1-2H3. The Balaban J connectivity index is 1.36. The van der Waals surface area contributed by atoms with Gasteiger partial charge < -0.3 is 25.2 Å². The molecule has 0 heterocycles. The Morgan fingerprint density at radius 2 is 1.73 bits per heavy atom. The topological polar surface area (TPSA) is 93.4 Å². The summed E-state index contributed by atoms with van der Waals surface area (Å²) in [6, 6.07) is 5.61. The number of aliphatic hydroxyl groups is 4. The molecule has 3 fully saturated rings. The zero-order valence-electron chi connectivity index (χ0n) is 23.3. The number of ether oxygens (including phenoxy) is 1. The number of nitrogens with zero attached hydrogens (tertiary/aromatic N) is 1. The summed E-state index contributed by atoms with van der Waals surface area (Å²) in [6.07, 6.45) is 4.22. The number of hydrogen-bond acceptors (Lipinski definition) is 6. The number of benzene rings is 1. The fourth-order valence-electron chi connectivity index (χ4n) is 8.32. The highest BCUT2D eigenvalue weighted by Gasteiger charge is 2.62. The molecule has 0 aliphatic heterocycles. The lowest BCUT2D eigenvalue weighted by Gasteiger charge is -2.56. The Morgan fingerprint density at radius 3 is 2.40 bits per heavy atom. The molecule has 222 valence electrons. The minimum Gasteiger partial charge on any atom is -0.406 e. The highest BCUT2D eigenvalue weighted by Crippen LogP contribution is 2.66. The monoisotopic (exact) mass is 565 g/mol. The number of hydrogen-bond donors (Lipinski definition) is 4. The maximum absolute atomic E-state index is 12.6. The predicted octanol–water partition coefficient (Wildman–Crippen LogP) is 4.72. The number of rotatable bonds is 8. The Labute approximate surface area is 234 Å². The second kappa shape index (κ2) is 10.7. The van der Waals surface area contributed by atoms with Gasteiger partial charge in [0.1, 0.15) is 5.75 Å². The molecular formula is C31H42F3NO5. The van der Waals surface area contributed by atoms with Crippen molar-refractivity contribution in [3.05, 3.63) is 53.1 Å². The minimum absolute atomic E-state index is 0.0462. The minimum atomic E-state index is -4.77. The third kappa shape index (κ3) is 5.48. The first-order valence-corrected chi connectivity index (χ1v) is 14.4. The van der Waals surface area contributed by atoms with Crippen LogP contribution in [0.25, 0.3) is 0 Å². The van der Waals surface area contributed by atoms with E-state index in [1.54, 1.807) is 12.1 Å². The maximum Gasteiger partial charge on any atom is 0.573 e. The van der Waals surface area contributed by atoms with Gasteiger partial charge in [0.2, 0.25) is 0 Å². The van der Waals surface area contributed by atoms with Crippen molar-refractivity contribution in [3.8, 4) is 5.75 Å². The highest BCUT2D eigenvalue weighted by atomic mass is 19.4. The van der Waals surface area contributed by atoms with Gasteiger partial charge in [0.05, 0.1) is 24.4 Å². The summed E-state index contributed by atoms with van der Waals surface area (Å²) >= 11 is 0. The van der Waals surface area contributed by atoms with Crippen molar-refractivity contribution in [2.24, 2.45) is 22.7 Å². The van der Waals surface area contributed by atoms with Crippen LogP contribution in [0.3, 0.4) is 0 Å². The first kappa shape index (κ1) is 29.6. The Hall–Kier alpha value is -1.91. The van der Waals surface area contributed by atoms with Crippen molar-refractivity contribution in [3.63, 3.8) is 0 Å². The van der Waals surface area contributed by atoms with Gasteiger partial charge in [-0.3, -0.25) is 4.90 Å². The fourth-order valence-corrected chi connectivity index (χ4v) is 8.32. The molecule has 1 aromatic carbocycles. The smallest absolute Gasteiger partial charge is 0.406 e. The summed E-state index contributed by atoms with van der Waals surface area (Å²) in [4.78, 5) is 1.90. The van der Waals surface area contributed by atoms with E-state index >= 15 is 0 Å². The molecule has 5 rings (SSSR count). The second-order valence-electron chi connectivity index (χ2n) is 13.0. The van der Waals surface area contributed by atoms with Crippen LogP contribution in [0.4, 0.5) is 13.2 Å². The molecule has 0 bridgehead atoms. The Bertz CT molecular complexity index is 1140. The molecule has 9 heteroatoms. The van der Waals surface area contributed by atoms with Gasteiger partial charge in [0.15, 0.2) is 0 Å². The van der Waals surface area contributed by atoms with Gasteiger partial charge >= 0.3 is 6.36 Å². The number of halogens is 3. The van der Waals surface area contributed by atoms with Gasteiger partial charge in [0, 0.05) is 25.0 Å². The summed E-state index contributed by atoms with van der Waals surface area (Å²) in [7, 11) is 0. The van der Waals surface area contributed by atoms with Crippen LogP contribution in [0.1, 0.15) is 64.4 Å². The van der Waals surface area contributed by atoms with Crippen LogP contribution in [0.5, 0.6) is 5.75 Å². The van der Waals surface area contributed by atoms with Crippen molar-refractivity contribution in [2.75, 3.05) is 19.7 Å². The lowest BCUT2D eigenvalue weighted by molar-refractivity contribution is -0.274. The number of alkyl halides is 3. The molecule has 0 saturated heterocycles. The molecular weight excluding hydrogens is 523 g/mol. The normalized spacial score (nSPS) is 36.3.